The van der Waals surface area contributed by atoms with Crippen LogP contribution in [0.25, 0.3) is 0 Å². The monoisotopic (exact) mass is 567 g/mol. The zero-order chi connectivity index (χ0) is 29.8. The van der Waals surface area contributed by atoms with Crippen molar-refractivity contribution in [2.45, 2.75) is 75.9 Å². The van der Waals surface area contributed by atoms with Gasteiger partial charge in [0.15, 0.2) is 12.2 Å². The average molecular weight is 568 g/mol. The zero-order valence-electron chi connectivity index (χ0n) is 21.7. The summed E-state index contributed by atoms with van der Waals surface area (Å²) >= 11 is 0. The number of carbonyl (C=O) groups is 3. The lowest BCUT2D eigenvalue weighted by Gasteiger charge is -2.33. The molecule has 2 amide bonds. The molecule has 0 radical (unpaired) electrons. The van der Waals surface area contributed by atoms with Gasteiger partial charge in [-0.05, 0) is 57.3 Å². The summed E-state index contributed by atoms with van der Waals surface area (Å²) in [6.45, 7) is 1.58. The maximum atomic E-state index is 12.7. The minimum Gasteiger partial charge on any atom is -0.542 e. The van der Waals surface area contributed by atoms with Crippen LogP contribution >= 0.6 is 0 Å². The first kappa shape index (κ1) is 33.7. The molecule has 2 aliphatic rings. The molecule has 39 heavy (non-hydrogen) atoms. The quantitative estimate of drug-likeness (QED) is 0.0589. The Bertz CT molecular complexity index is 885. The second-order valence-corrected chi connectivity index (χ2v) is 9.59. The Morgan fingerprint density at radius 2 is 1.67 bits per heavy atom. The summed E-state index contributed by atoms with van der Waals surface area (Å²) in [6, 6.07) is -0.976. The van der Waals surface area contributed by atoms with Crippen LogP contribution in [0.4, 0.5) is 13.2 Å². The van der Waals surface area contributed by atoms with Gasteiger partial charge in [-0.2, -0.15) is 13.2 Å². The molecule has 3 atom stereocenters. The van der Waals surface area contributed by atoms with Crippen LogP contribution in [-0.2, 0) is 14.4 Å². The van der Waals surface area contributed by atoms with Crippen molar-refractivity contribution in [1.82, 2.24) is 10.6 Å². The molecule has 13 N–H and O–H groups in total. The molecule has 0 bridgehead atoms. The number of aliphatic carboxylic acids is 1. The van der Waals surface area contributed by atoms with E-state index in [1.807, 2.05) is 0 Å². The highest BCUT2D eigenvalue weighted by atomic mass is 19.4. The molecule has 0 spiro atoms. The molecule has 1 saturated heterocycles. The maximum absolute atomic E-state index is 12.7. The van der Waals surface area contributed by atoms with E-state index in [0.29, 0.717) is 44.8 Å². The topological polar surface area (TPSA) is 264 Å². The van der Waals surface area contributed by atoms with Crippen molar-refractivity contribution in [2.24, 2.45) is 45.5 Å². The predicted molar refractivity (Wildman–Crippen MR) is 133 cm³/mol. The van der Waals surface area contributed by atoms with Gasteiger partial charge in [-0.25, -0.2) is 4.58 Å². The van der Waals surface area contributed by atoms with Crippen LogP contribution in [0.2, 0.25) is 0 Å². The molecule has 2 fully saturated rings. The van der Waals surface area contributed by atoms with Crippen molar-refractivity contribution >= 4 is 29.7 Å². The fraction of sp³-hybridized carbons (Fsp3) is 0.773. The van der Waals surface area contributed by atoms with E-state index < -0.39 is 24.4 Å². The number of guanidine groups is 2. The van der Waals surface area contributed by atoms with Crippen LogP contribution in [0.5, 0.6) is 0 Å². The first-order valence-corrected chi connectivity index (χ1v) is 12.6. The van der Waals surface area contributed by atoms with Gasteiger partial charge in [0.2, 0.25) is 11.8 Å². The van der Waals surface area contributed by atoms with Crippen molar-refractivity contribution in [3.63, 3.8) is 0 Å². The number of hydrogen-bond acceptors (Lipinski definition) is 7. The third kappa shape index (κ3) is 12.4. The molecule has 1 heterocycles. The molecule has 0 aromatic heterocycles. The second kappa shape index (κ2) is 15.9. The lowest BCUT2D eigenvalue weighted by atomic mass is 9.81. The zero-order valence-corrected chi connectivity index (χ0v) is 21.7. The van der Waals surface area contributed by atoms with Crippen molar-refractivity contribution in [3.8, 4) is 0 Å². The number of nitrogens with two attached hydrogens (primary N) is 5. The Kier molecular flexibility index (Phi) is 13.8. The fourth-order valence-corrected chi connectivity index (χ4v) is 4.36. The molecule has 1 aliphatic carbocycles. The van der Waals surface area contributed by atoms with Gasteiger partial charge in [0.25, 0.3) is 0 Å². The molecule has 0 aromatic rings. The van der Waals surface area contributed by atoms with Gasteiger partial charge in [-0.3, -0.25) is 26.0 Å². The van der Waals surface area contributed by atoms with E-state index in [0.717, 1.165) is 32.1 Å². The molecular weight excluding hydrogens is 527 g/mol. The Hall–Kier alpha value is -3.34. The molecule has 1 aliphatic heterocycles. The van der Waals surface area contributed by atoms with Crippen LogP contribution in [0.15, 0.2) is 4.99 Å². The number of carboxylic acids is 1. The molecule has 1 saturated carbocycles. The SMILES string of the molecule is NC(N)=NCCC[C@H](N)C(=O)NCC1CCC(C(=O)N[C@H]2CCC[N+](=C(N)N)C2O)CC1.O=C([O-])C(F)(F)F. The standard InChI is InChI=1S/C20H39N9O3.C2HF3O2/c21-14(3-1-9-26-19(22)23)17(31)27-11-12-5-7-13(8-6-12)16(30)28-15-4-2-10-29(18(15)32)20(24)25;3-2(4,5)1(6)7/h12-15,18,32H,1-11,21H2,(H9,22,23,24,25,26,27,28,30,31);(H,6,7)/t12?,13?,14-,15-,18?;/m0./s1. The number of aliphatic imine (C=N–C) groups is 1. The van der Waals surface area contributed by atoms with Gasteiger partial charge in [0.1, 0.15) is 5.97 Å². The normalized spacial score (nSPS) is 23.9. The van der Waals surface area contributed by atoms with Gasteiger partial charge in [0.05, 0.1) is 18.6 Å². The summed E-state index contributed by atoms with van der Waals surface area (Å²) in [6.07, 6.45) is -0.296. The Labute approximate surface area is 224 Å². The third-order valence-corrected chi connectivity index (χ3v) is 6.57. The highest BCUT2D eigenvalue weighted by molar-refractivity contribution is 5.81. The maximum Gasteiger partial charge on any atom is 0.430 e. The predicted octanol–water partition coefficient (Wildman–Crippen LogP) is -3.53. The van der Waals surface area contributed by atoms with Crippen molar-refractivity contribution < 1.29 is 42.3 Å². The highest BCUT2D eigenvalue weighted by Crippen LogP contribution is 2.29. The highest BCUT2D eigenvalue weighted by Gasteiger charge is 2.34. The van der Waals surface area contributed by atoms with E-state index in [2.05, 4.69) is 15.6 Å². The fourth-order valence-electron chi connectivity index (χ4n) is 4.36. The number of rotatable bonds is 9. The first-order chi connectivity index (χ1) is 18.1. The number of nitrogens with zero attached hydrogens (tertiary/aromatic N) is 2. The summed E-state index contributed by atoms with van der Waals surface area (Å²) in [5.74, 6) is -2.91. The number of carbonyl (C=O) groups excluding carboxylic acids is 3. The number of piperidine rings is 1. The number of nitrogens with one attached hydrogen (secondary N) is 2. The van der Waals surface area contributed by atoms with E-state index in [-0.39, 0.29) is 35.7 Å². The molecule has 2 rings (SSSR count). The number of carboxylic acid groups (broad SMARTS) is 1. The minimum atomic E-state index is -5.19. The van der Waals surface area contributed by atoms with Gasteiger partial charge in [0, 0.05) is 19.0 Å². The summed E-state index contributed by atoms with van der Waals surface area (Å²) < 4.78 is 33.1. The minimum absolute atomic E-state index is 0.0305. The largest absolute Gasteiger partial charge is 0.542 e. The molecule has 14 nitrogen and oxygen atoms in total. The average Bonchev–Trinajstić information content (AvgIpc) is 2.86. The molecule has 17 heteroatoms. The van der Waals surface area contributed by atoms with Crippen LogP contribution in [0, 0.1) is 11.8 Å². The molecule has 0 aromatic carbocycles. The van der Waals surface area contributed by atoms with Gasteiger partial charge < -0.3 is 42.8 Å². The molecule has 1 unspecified atom stereocenters. The van der Waals surface area contributed by atoms with E-state index in [1.54, 1.807) is 0 Å². The van der Waals surface area contributed by atoms with Crippen LogP contribution < -0.4 is 44.4 Å². The van der Waals surface area contributed by atoms with Gasteiger partial charge >= 0.3 is 12.1 Å². The smallest absolute Gasteiger partial charge is 0.430 e. The summed E-state index contributed by atoms with van der Waals surface area (Å²) in [5.41, 5.74) is 27.7. The van der Waals surface area contributed by atoms with Gasteiger partial charge in [-0.1, -0.05) is 0 Å². The molecular formula is C22H40F3N9O5. The third-order valence-electron chi connectivity index (χ3n) is 6.57. The Balaban J connectivity index is 0.000000956. The van der Waals surface area contributed by atoms with Crippen molar-refractivity contribution in [2.75, 3.05) is 19.6 Å². The van der Waals surface area contributed by atoms with E-state index >= 15 is 0 Å². The Morgan fingerprint density at radius 3 is 2.18 bits per heavy atom. The summed E-state index contributed by atoms with van der Waals surface area (Å²) in [4.78, 5) is 37.5. The van der Waals surface area contributed by atoms with E-state index in [9.17, 15) is 27.9 Å². The summed E-state index contributed by atoms with van der Waals surface area (Å²) in [5, 5.41) is 25.1. The second-order valence-electron chi connectivity index (χ2n) is 9.59. The number of aliphatic hydroxyl groups is 1. The lowest BCUT2D eigenvalue weighted by molar-refractivity contribution is -0.623. The number of aliphatic hydroxyl groups excluding tert-OH is 1. The summed E-state index contributed by atoms with van der Waals surface area (Å²) in [7, 11) is 0. The Morgan fingerprint density at radius 1 is 1.08 bits per heavy atom. The lowest BCUT2D eigenvalue weighted by Crippen LogP contribution is -2.56. The van der Waals surface area contributed by atoms with Crippen LogP contribution in [0.1, 0.15) is 51.4 Å². The van der Waals surface area contributed by atoms with E-state index in [1.165, 1.54) is 4.58 Å². The number of alkyl halides is 3. The first-order valence-electron chi connectivity index (χ1n) is 12.6. The van der Waals surface area contributed by atoms with E-state index in [4.69, 9.17) is 38.6 Å². The van der Waals surface area contributed by atoms with Crippen molar-refractivity contribution in [1.29, 1.82) is 0 Å². The van der Waals surface area contributed by atoms with Crippen LogP contribution in [0.3, 0.4) is 0 Å². The molecule has 224 valence electrons. The number of hydrogen-bond donors (Lipinski definition) is 8. The van der Waals surface area contributed by atoms with Crippen LogP contribution in [-0.4, -0.2) is 83.5 Å². The van der Waals surface area contributed by atoms with Crippen molar-refractivity contribution in [3.05, 3.63) is 0 Å². The number of halogens is 3. The number of amides is 2. The van der Waals surface area contributed by atoms with Gasteiger partial charge in [-0.15, -0.1) is 0 Å².